The number of nitrogens with zero attached hydrogens (tertiary/aromatic N) is 7. The number of fused-ring (bicyclic) bond motifs is 1. The van der Waals surface area contributed by atoms with Crippen molar-refractivity contribution in [3.63, 3.8) is 0 Å². The normalized spacial score (nSPS) is 21.8. The fraction of sp³-hybridized carbons (Fsp3) is 0.444. The van der Waals surface area contributed by atoms with Gasteiger partial charge in [-0.15, -0.1) is 0 Å². The van der Waals surface area contributed by atoms with Crippen molar-refractivity contribution in [1.29, 1.82) is 0 Å². The highest BCUT2D eigenvalue weighted by atomic mass is 19.1. The number of benzene rings is 2. The summed E-state index contributed by atoms with van der Waals surface area (Å²) >= 11 is 0. The lowest BCUT2D eigenvalue weighted by Gasteiger charge is -2.39. The third kappa shape index (κ3) is 9.18. The summed E-state index contributed by atoms with van der Waals surface area (Å²) in [6, 6.07) is 17.1. The zero-order chi connectivity index (χ0) is 42.7. The topological polar surface area (TPSA) is 180 Å². The van der Waals surface area contributed by atoms with Gasteiger partial charge in [0.15, 0.2) is 11.4 Å². The van der Waals surface area contributed by atoms with Gasteiger partial charge in [0.05, 0.1) is 18.3 Å². The van der Waals surface area contributed by atoms with Gasteiger partial charge in [0, 0.05) is 86.5 Å². The molecule has 17 heteroatoms. The number of hydrogen-bond acceptors (Lipinski definition) is 12. The summed E-state index contributed by atoms with van der Waals surface area (Å²) in [5, 5.41) is 8.95. The van der Waals surface area contributed by atoms with Crippen LogP contribution in [0.5, 0.6) is 0 Å². The van der Waals surface area contributed by atoms with Crippen molar-refractivity contribution in [2.75, 3.05) is 62.6 Å². The number of carbonyl (C=O) groups is 3. The molecule has 62 heavy (non-hydrogen) atoms. The summed E-state index contributed by atoms with van der Waals surface area (Å²) in [6.45, 7) is 6.75. The van der Waals surface area contributed by atoms with E-state index in [2.05, 4.69) is 40.6 Å². The molecule has 324 valence electrons. The number of nitrogens with one attached hydrogen (secondary N) is 3. The maximum atomic E-state index is 15.0. The van der Waals surface area contributed by atoms with E-state index in [1.807, 2.05) is 18.2 Å². The van der Waals surface area contributed by atoms with Crippen LogP contribution in [0.1, 0.15) is 57.4 Å². The zero-order valence-electron chi connectivity index (χ0n) is 34.5. The minimum Gasteiger partial charge on any atom is -0.408 e. The first-order valence-electron chi connectivity index (χ1n) is 21.7. The Morgan fingerprint density at radius 1 is 0.823 bits per heavy atom. The minimum atomic E-state index is -0.766. The first-order chi connectivity index (χ1) is 30.1. The second-order valence-corrected chi connectivity index (χ2v) is 17.0. The van der Waals surface area contributed by atoms with Crippen LogP contribution in [0, 0.1) is 11.7 Å². The van der Waals surface area contributed by atoms with Gasteiger partial charge in [-0.2, -0.15) is 0 Å². The first kappa shape index (κ1) is 41.2. The van der Waals surface area contributed by atoms with Crippen LogP contribution in [0.4, 0.5) is 16.0 Å². The van der Waals surface area contributed by atoms with E-state index in [4.69, 9.17) is 4.42 Å². The number of aromatic nitrogens is 4. The number of rotatable bonds is 11. The Balaban J connectivity index is 0.686. The lowest BCUT2D eigenvalue weighted by molar-refractivity contribution is -0.135. The van der Waals surface area contributed by atoms with Crippen LogP contribution in [0.25, 0.3) is 28.0 Å². The molecule has 1 aliphatic carbocycles. The number of piperazine rings is 1. The van der Waals surface area contributed by atoms with Crippen LogP contribution in [0.3, 0.4) is 0 Å². The maximum Gasteiger partial charge on any atom is 0.420 e. The molecule has 1 saturated carbocycles. The lowest BCUT2D eigenvalue weighted by atomic mass is 9.91. The van der Waals surface area contributed by atoms with Gasteiger partial charge in [0.1, 0.15) is 11.7 Å². The van der Waals surface area contributed by atoms with E-state index in [-0.39, 0.29) is 48.0 Å². The zero-order valence-corrected chi connectivity index (χ0v) is 34.5. The van der Waals surface area contributed by atoms with E-state index in [0.717, 1.165) is 90.0 Å². The first-order valence-corrected chi connectivity index (χ1v) is 21.7. The summed E-state index contributed by atoms with van der Waals surface area (Å²) in [6.07, 6.45) is 8.68. The van der Waals surface area contributed by atoms with Gasteiger partial charge in [-0.05, 0) is 94.3 Å². The Bertz CT molecular complexity index is 2570. The van der Waals surface area contributed by atoms with Gasteiger partial charge < -0.3 is 20.0 Å². The minimum absolute atomic E-state index is 0.0625. The molecule has 9 rings (SSSR count). The number of oxazole rings is 1. The van der Waals surface area contributed by atoms with E-state index in [1.165, 1.54) is 21.4 Å². The average molecular weight is 847 g/mol. The third-order valence-corrected chi connectivity index (χ3v) is 12.8. The van der Waals surface area contributed by atoms with Crippen LogP contribution in [-0.4, -0.2) is 111 Å². The summed E-state index contributed by atoms with van der Waals surface area (Å²) < 4.78 is 23.4. The second kappa shape index (κ2) is 18.0. The van der Waals surface area contributed by atoms with E-state index in [0.29, 0.717) is 40.8 Å². The number of halogens is 1. The number of carbonyl (C=O) groups excluding carboxylic acids is 3. The number of hydrogen-bond donors (Lipinski definition) is 3. The van der Waals surface area contributed by atoms with Crippen LogP contribution in [-0.2, 0) is 14.4 Å². The van der Waals surface area contributed by atoms with Crippen molar-refractivity contribution in [1.82, 2.24) is 39.5 Å². The predicted octanol–water partition coefficient (Wildman–Crippen LogP) is 3.69. The van der Waals surface area contributed by atoms with Crippen molar-refractivity contribution in [2.24, 2.45) is 5.92 Å². The Morgan fingerprint density at radius 3 is 2.39 bits per heavy atom. The Labute approximate surface area is 357 Å². The van der Waals surface area contributed by atoms with Crippen molar-refractivity contribution in [3.8, 4) is 16.9 Å². The highest BCUT2D eigenvalue weighted by molar-refractivity contribution is 6.00. The largest absolute Gasteiger partial charge is 0.420 e. The van der Waals surface area contributed by atoms with Gasteiger partial charge in [0.25, 0.3) is 5.56 Å². The van der Waals surface area contributed by atoms with Gasteiger partial charge in [0.2, 0.25) is 23.7 Å². The van der Waals surface area contributed by atoms with Crippen LogP contribution < -0.4 is 32.2 Å². The molecule has 3 aromatic heterocycles. The second-order valence-electron chi connectivity index (χ2n) is 17.0. The lowest BCUT2D eigenvalue weighted by Crippen LogP contribution is -2.50. The third-order valence-electron chi connectivity index (χ3n) is 12.8. The SMILES string of the molecule is O=C1CCC(n2c(=O)oc3cc(N4CCN(CC5CCN(CC(=O)N[C@H]6CC[C@H](Nc7ncc(F)c(-c8cccc(-n9ccccc9=O)c8)n7)CC6)CC5)CC4)ccc32)C(=O)N1. The van der Waals surface area contributed by atoms with Crippen molar-refractivity contribution in [2.45, 2.75) is 69.5 Å². The molecule has 0 bridgehead atoms. The summed E-state index contributed by atoms with van der Waals surface area (Å²) in [7, 11) is 0. The molecule has 6 heterocycles. The molecule has 16 nitrogen and oxygen atoms in total. The van der Waals surface area contributed by atoms with Crippen molar-refractivity contribution >= 4 is 40.5 Å². The van der Waals surface area contributed by atoms with Gasteiger partial charge >= 0.3 is 5.76 Å². The number of amides is 3. The number of pyridine rings is 1. The van der Waals surface area contributed by atoms with E-state index < -0.39 is 23.5 Å². The molecule has 1 atom stereocenters. The molecule has 1 unspecified atom stereocenters. The number of anilines is 2. The Morgan fingerprint density at radius 2 is 1.61 bits per heavy atom. The van der Waals surface area contributed by atoms with E-state index >= 15 is 0 Å². The molecule has 3 saturated heterocycles. The smallest absolute Gasteiger partial charge is 0.408 e. The van der Waals surface area contributed by atoms with Crippen LogP contribution >= 0.6 is 0 Å². The fourth-order valence-corrected chi connectivity index (χ4v) is 9.45. The number of imide groups is 1. The molecule has 3 aliphatic heterocycles. The average Bonchev–Trinajstić information content (AvgIpc) is 3.60. The highest BCUT2D eigenvalue weighted by Crippen LogP contribution is 2.29. The predicted molar refractivity (Wildman–Crippen MR) is 231 cm³/mol. The summed E-state index contributed by atoms with van der Waals surface area (Å²) in [5.74, 6) is -0.980. The summed E-state index contributed by atoms with van der Waals surface area (Å²) in [5.41, 5.74) is 3.08. The monoisotopic (exact) mass is 846 g/mol. The molecule has 3 amide bonds. The molecule has 4 fully saturated rings. The maximum absolute atomic E-state index is 15.0. The van der Waals surface area contributed by atoms with Gasteiger partial charge in [-0.1, -0.05) is 18.2 Å². The highest BCUT2D eigenvalue weighted by Gasteiger charge is 2.32. The van der Waals surface area contributed by atoms with Gasteiger partial charge in [-0.25, -0.2) is 19.2 Å². The molecule has 4 aliphatic rings. The molecule has 0 spiro atoms. The molecule has 0 radical (unpaired) electrons. The number of likely N-dealkylation sites (tertiary alicyclic amines) is 1. The van der Waals surface area contributed by atoms with Crippen molar-refractivity contribution in [3.05, 3.63) is 99.8 Å². The molecular weight excluding hydrogens is 796 g/mol. The Kier molecular flexibility index (Phi) is 12.0. The van der Waals surface area contributed by atoms with E-state index in [9.17, 15) is 28.4 Å². The number of piperidine rings is 2. The Hall–Kier alpha value is -6.20. The van der Waals surface area contributed by atoms with Crippen LogP contribution in [0.15, 0.2) is 87.1 Å². The van der Waals surface area contributed by atoms with E-state index in [1.54, 1.807) is 42.6 Å². The molecule has 2 aromatic carbocycles. The van der Waals surface area contributed by atoms with Crippen molar-refractivity contribution < 1.29 is 23.2 Å². The molecular formula is C45H51FN10O6. The molecule has 5 aromatic rings. The quantitative estimate of drug-likeness (QED) is 0.165. The molecule has 3 N–H and O–H groups in total. The van der Waals surface area contributed by atoms with Crippen LogP contribution in [0.2, 0.25) is 0 Å². The summed E-state index contributed by atoms with van der Waals surface area (Å²) in [4.78, 5) is 78.1. The standard InChI is InChI=1S/C45H51FN10O6/c46-35-26-47-44(51-42(35)30-4-3-5-34(24-30)55-17-2-1-6-41(55)59)49-32-9-7-31(8-10-32)48-40(58)28-52-18-15-29(16-19-52)27-53-20-22-54(23-21-53)33-11-12-36-38(25-33)62-45(61)56(36)37-13-14-39(57)50-43(37)60/h1-6,11-12,17,24-26,29,31-32,37H,7-10,13-16,18-23,27-28H2,(H,48,58)(H,47,49,51)(H,50,57,60)/t31-,32-,37?. The van der Waals surface area contributed by atoms with Gasteiger partial charge in [-0.3, -0.25) is 43.4 Å². The fourth-order valence-electron chi connectivity index (χ4n) is 9.45.